The van der Waals surface area contributed by atoms with Gasteiger partial charge in [0.15, 0.2) is 0 Å². The molecule has 98 valence electrons. The van der Waals surface area contributed by atoms with Gasteiger partial charge in [0.25, 0.3) is 0 Å². The second kappa shape index (κ2) is 6.34. The fraction of sp³-hybridized carbons (Fsp3) is 0.636. The molecule has 0 radical (unpaired) electrons. The van der Waals surface area contributed by atoms with Crippen LogP contribution in [0.25, 0.3) is 0 Å². The first kappa shape index (κ1) is 15.6. The fourth-order valence-electron chi connectivity index (χ4n) is 1.02. The van der Waals surface area contributed by atoms with E-state index in [-0.39, 0.29) is 19.4 Å². The topological polar surface area (TPSA) is 102 Å². The Morgan fingerprint density at radius 2 is 2.00 bits per heavy atom. The second-order valence-corrected chi connectivity index (χ2v) is 4.37. The molecule has 0 heterocycles. The van der Waals surface area contributed by atoms with Gasteiger partial charge >= 0.3 is 5.97 Å². The molecule has 0 aliphatic rings. The number of allylic oxidation sites excluding steroid dienone is 1. The molecule has 0 amide bonds. The Labute approximate surface area is 100 Å². The number of carbonyl (C=O) groups is 1. The highest BCUT2D eigenvalue weighted by Crippen LogP contribution is 2.18. The number of nitrogens with zero attached hydrogens (tertiary/aromatic N) is 1. The molecule has 5 N–H and O–H groups in total. The highest BCUT2D eigenvalue weighted by molar-refractivity contribution is 5.78. The number of aliphatic carboxylic acids is 1. The van der Waals surface area contributed by atoms with Crippen LogP contribution in [-0.4, -0.2) is 29.0 Å². The number of nitrogens with two attached hydrogens (primary N) is 2. The van der Waals surface area contributed by atoms with Crippen LogP contribution in [0.5, 0.6) is 0 Å². The van der Waals surface area contributed by atoms with E-state index >= 15 is 0 Å². The van der Waals surface area contributed by atoms with Crippen LogP contribution in [0.1, 0.15) is 33.6 Å². The molecule has 0 aromatic rings. The third-order valence-corrected chi connectivity index (χ3v) is 2.44. The minimum absolute atomic E-state index is 0.109. The highest BCUT2D eigenvalue weighted by atomic mass is 19.1. The number of carboxylic acids is 1. The summed E-state index contributed by atoms with van der Waals surface area (Å²) in [5, 5.41) is 8.80. The monoisotopic (exact) mass is 245 g/mol. The Morgan fingerprint density at radius 3 is 2.41 bits per heavy atom. The third-order valence-electron chi connectivity index (χ3n) is 2.44. The first-order valence-corrected chi connectivity index (χ1v) is 5.29. The minimum Gasteiger partial charge on any atom is -0.480 e. The largest absolute Gasteiger partial charge is 0.480 e. The van der Waals surface area contributed by atoms with Crippen LogP contribution in [0.4, 0.5) is 4.39 Å². The number of hydrogen-bond acceptors (Lipinski definition) is 3. The van der Waals surface area contributed by atoms with Crippen LogP contribution in [0, 0.1) is 0 Å². The second-order valence-electron chi connectivity index (χ2n) is 4.37. The van der Waals surface area contributed by atoms with Crippen LogP contribution in [0.2, 0.25) is 0 Å². The average molecular weight is 245 g/mol. The average Bonchev–Trinajstić information content (AvgIpc) is 2.22. The summed E-state index contributed by atoms with van der Waals surface area (Å²) in [6.45, 7) is 4.46. The molecule has 0 saturated heterocycles. The van der Waals surface area contributed by atoms with Crippen molar-refractivity contribution in [2.45, 2.75) is 39.2 Å². The molecule has 6 heteroatoms. The molecule has 1 atom stereocenters. The Kier molecular flexibility index (Phi) is 5.81. The number of rotatable bonds is 6. The summed E-state index contributed by atoms with van der Waals surface area (Å²) < 4.78 is 13.5. The fourth-order valence-corrected chi connectivity index (χ4v) is 1.02. The Bertz CT molecular complexity index is 345. The molecule has 0 rings (SSSR count). The van der Waals surface area contributed by atoms with Gasteiger partial charge in [0.1, 0.15) is 11.4 Å². The van der Waals surface area contributed by atoms with Crippen molar-refractivity contribution in [3.05, 3.63) is 11.4 Å². The summed E-state index contributed by atoms with van der Waals surface area (Å²) in [7, 11) is 0. The Hall–Kier alpha value is -1.43. The van der Waals surface area contributed by atoms with E-state index in [1.165, 1.54) is 6.92 Å². The molecule has 17 heavy (non-hydrogen) atoms. The molecular formula is C11H20FN3O2. The maximum Gasteiger partial charge on any atom is 0.323 e. The molecule has 0 bridgehead atoms. The van der Waals surface area contributed by atoms with Crippen molar-refractivity contribution in [1.29, 1.82) is 0 Å². The first-order valence-electron chi connectivity index (χ1n) is 5.29. The zero-order chi connectivity index (χ0) is 13.6. The van der Waals surface area contributed by atoms with Gasteiger partial charge in [-0.2, -0.15) is 0 Å². The zero-order valence-corrected chi connectivity index (χ0v) is 10.5. The van der Waals surface area contributed by atoms with E-state index in [0.717, 1.165) is 0 Å². The summed E-state index contributed by atoms with van der Waals surface area (Å²) in [6, 6.07) is 0. The van der Waals surface area contributed by atoms with Crippen molar-refractivity contribution in [2.24, 2.45) is 16.5 Å². The summed E-state index contributed by atoms with van der Waals surface area (Å²) in [4.78, 5) is 14.5. The van der Waals surface area contributed by atoms with Crippen LogP contribution in [0.3, 0.4) is 0 Å². The summed E-state index contributed by atoms with van der Waals surface area (Å²) in [5.41, 5.74) is 9.94. The van der Waals surface area contributed by atoms with Gasteiger partial charge in [0, 0.05) is 0 Å². The van der Waals surface area contributed by atoms with Gasteiger partial charge in [-0.1, -0.05) is 0 Å². The van der Waals surface area contributed by atoms with Crippen molar-refractivity contribution in [1.82, 2.24) is 0 Å². The normalized spacial score (nSPS) is 17.4. The lowest BCUT2D eigenvalue weighted by Crippen LogP contribution is -2.44. The summed E-state index contributed by atoms with van der Waals surface area (Å²) in [6.07, 6.45) is 0.456. The molecule has 0 aromatic heterocycles. The third kappa shape index (κ3) is 6.01. The van der Waals surface area contributed by atoms with Crippen LogP contribution in [0.15, 0.2) is 16.4 Å². The molecule has 0 unspecified atom stereocenters. The van der Waals surface area contributed by atoms with Crippen LogP contribution in [-0.2, 0) is 4.79 Å². The SMILES string of the molecule is CC(N)=NC/C(F)=C(/C)CC[C@](C)(N)C(=O)O. The molecule has 0 saturated carbocycles. The van der Waals surface area contributed by atoms with Crippen molar-refractivity contribution < 1.29 is 14.3 Å². The van der Waals surface area contributed by atoms with Gasteiger partial charge in [-0.15, -0.1) is 0 Å². The van der Waals surface area contributed by atoms with Gasteiger partial charge < -0.3 is 16.6 Å². The molecular weight excluding hydrogens is 225 g/mol. The molecule has 0 fully saturated rings. The van der Waals surface area contributed by atoms with Gasteiger partial charge in [-0.3, -0.25) is 9.79 Å². The van der Waals surface area contributed by atoms with Crippen LogP contribution >= 0.6 is 0 Å². The first-order chi connectivity index (χ1) is 7.66. The Morgan fingerprint density at radius 1 is 1.47 bits per heavy atom. The molecule has 0 aliphatic carbocycles. The standard InChI is InChI=1S/C11H20FN3O2/c1-7(9(12)6-15-8(2)13)4-5-11(3,14)10(16)17/h4-6,14H2,1-3H3,(H2,13,15)(H,16,17)/b9-7+/t11-/m0/s1. The molecule has 0 aliphatic heterocycles. The van der Waals surface area contributed by atoms with E-state index in [2.05, 4.69) is 4.99 Å². The zero-order valence-electron chi connectivity index (χ0n) is 10.5. The predicted octanol–water partition coefficient (Wildman–Crippen LogP) is 1.19. The van der Waals surface area contributed by atoms with Crippen LogP contribution < -0.4 is 11.5 Å². The van der Waals surface area contributed by atoms with Gasteiger partial charge in [0.2, 0.25) is 0 Å². The lowest BCUT2D eigenvalue weighted by molar-refractivity contribution is -0.142. The van der Waals surface area contributed by atoms with Crippen molar-refractivity contribution >= 4 is 11.8 Å². The van der Waals surface area contributed by atoms with E-state index in [9.17, 15) is 9.18 Å². The lowest BCUT2D eigenvalue weighted by Gasteiger charge is -2.19. The number of amidine groups is 1. The number of aliphatic imine (C=N–C) groups is 1. The van der Waals surface area contributed by atoms with E-state index in [1.807, 2.05) is 0 Å². The molecule has 5 nitrogen and oxygen atoms in total. The highest BCUT2D eigenvalue weighted by Gasteiger charge is 2.27. The molecule has 0 spiro atoms. The number of carboxylic acid groups (broad SMARTS) is 1. The number of hydrogen-bond donors (Lipinski definition) is 3. The van der Waals surface area contributed by atoms with Gasteiger partial charge in [-0.25, -0.2) is 4.39 Å². The van der Waals surface area contributed by atoms with Crippen molar-refractivity contribution in [3.63, 3.8) is 0 Å². The predicted molar refractivity (Wildman–Crippen MR) is 65.4 cm³/mol. The smallest absolute Gasteiger partial charge is 0.323 e. The van der Waals surface area contributed by atoms with Crippen molar-refractivity contribution in [3.8, 4) is 0 Å². The van der Waals surface area contributed by atoms with Gasteiger partial charge in [0.05, 0.1) is 12.4 Å². The maximum atomic E-state index is 13.5. The van der Waals surface area contributed by atoms with Gasteiger partial charge in [-0.05, 0) is 39.2 Å². The summed E-state index contributed by atoms with van der Waals surface area (Å²) >= 11 is 0. The Balaban J connectivity index is 4.43. The number of halogens is 1. The lowest BCUT2D eigenvalue weighted by atomic mass is 9.94. The van der Waals surface area contributed by atoms with E-state index < -0.39 is 17.3 Å². The van der Waals surface area contributed by atoms with E-state index in [1.54, 1.807) is 13.8 Å². The quantitative estimate of drug-likeness (QED) is 0.483. The minimum atomic E-state index is -1.34. The molecule has 0 aromatic carbocycles. The summed E-state index contributed by atoms with van der Waals surface area (Å²) in [5.74, 6) is -1.18. The van der Waals surface area contributed by atoms with Crippen molar-refractivity contribution in [2.75, 3.05) is 6.54 Å². The van der Waals surface area contributed by atoms with E-state index in [0.29, 0.717) is 11.4 Å². The maximum absolute atomic E-state index is 13.5. The van der Waals surface area contributed by atoms with E-state index in [4.69, 9.17) is 16.6 Å².